The lowest BCUT2D eigenvalue weighted by atomic mass is 10.1. The summed E-state index contributed by atoms with van der Waals surface area (Å²) in [6, 6.07) is 0.684. The molecule has 0 bridgehead atoms. The van der Waals surface area contributed by atoms with E-state index < -0.39 is 0 Å². The van der Waals surface area contributed by atoms with Gasteiger partial charge in [0.1, 0.15) is 0 Å². The van der Waals surface area contributed by atoms with E-state index in [9.17, 15) is 0 Å². The number of likely N-dealkylation sites (N-methyl/N-ethyl adjacent to an activating group) is 1. The zero-order chi connectivity index (χ0) is 13.4. The van der Waals surface area contributed by atoms with E-state index in [0.29, 0.717) is 18.2 Å². The van der Waals surface area contributed by atoms with Gasteiger partial charge in [0, 0.05) is 19.1 Å². The molecule has 0 aromatic carbocycles. The van der Waals surface area contributed by atoms with E-state index in [2.05, 4.69) is 31.0 Å². The molecule has 0 radical (unpaired) electrons. The second-order valence-corrected chi connectivity index (χ2v) is 5.62. The first-order valence-electron chi connectivity index (χ1n) is 7.75. The Kier molecular flexibility index (Phi) is 7.87. The molecule has 0 aliphatic carbocycles. The van der Waals surface area contributed by atoms with Gasteiger partial charge in [0.05, 0.1) is 12.2 Å². The van der Waals surface area contributed by atoms with Crippen molar-refractivity contribution in [2.45, 2.75) is 71.1 Å². The predicted octanol–water partition coefficient (Wildman–Crippen LogP) is 2.65. The molecular weight excluding hydrogens is 224 g/mol. The molecule has 0 aromatic rings. The maximum atomic E-state index is 6.10. The lowest BCUT2D eigenvalue weighted by Gasteiger charge is -2.30. The standard InChI is InChI=1S/C15H32N2O/c1-5-7-10-17(13(3)6-2)12-15-9-8-14(18-15)11-16-4/h13-16H,5-12H2,1-4H3. The Labute approximate surface area is 113 Å². The van der Waals surface area contributed by atoms with Gasteiger partial charge in [0.15, 0.2) is 0 Å². The molecule has 1 saturated heterocycles. The van der Waals surface area contributed by atoms with Crippen molar-refractivity contribution >= 4 is 0 Å². The molecule has 1 N–H and O–H groups in total. The molecule has 3 atom stereocenters. The summed E-state index contributed by atoms with van der Waals surface area (Å²) in [5.74, 6) is 0. The summed E-state index contributed by atoms with van der Waals surface area (Å²) in [4.78, 5) is 2.62. The van der Waals surface area contributed by atoms with Crippen molar-refractivity contribution in [2.75, 3.05) is 26.7 Å². The first-order valence-corrected chi connectivity index (χ1v) is 7.75. The lowest BCUT2D eigenvalue weighted by Crippen LogP contribution is -2.39. The van der Waals surface area contributed by atoms with Crippen molar-refractivity contribution in [1.29, 1.82) is 0 Å². The summed E-state index contributed by atoms with van der Waals surface area (Å²) >= 11 is 0. The van der Waals surface area contributed by atoms with E-state index in [1.807, 2.05) is 7.05 Å². The molecule has 1 fully saturated rings. The number of nitrogens with one attached hydrogen (secondary N) is 1. The molecule has 3 unspecified atom stereocenters. The van der Waals surface area contributed by atoms with Gasteiger partial charge >= 0.3 is 0 Å². The Morgan fingerprint density at radius 3 is 2.61 bits per heavy atom. The van der Waals surface area contributed by atoms with Gasteiger partial charge < -0.3 is 10.1 Å². The molecule has 0 amide bonds. The van der Waals surface area contributed by atoms with Crippen LogP contribution in [0.4, 0.5) is 0 Å². The van der Waals surface area contributed by atoms with Crippen LogP contribution in [0.15, 0.2) is 0 Å². The first-order chi connectivity index (χ1) is 8.71. The average molecular weight is 256 g/mol. The highest BCUT2D eigenvalue weighted by Gasteiger charge is 2.27. The van der Waals surface area contributed by atoms with Crippen LogP contribution < -0.4 is 5.32 Å². The zero-order valence-corrected chi connectivity index (χ0v) is 12.7. The zero-order valence-electron chi connectivity index (χ0n) is 12.7. The summed E-state index contributed by atoms with van der Waals surface area (Å²) in [5.41, 5.74) is 0. The molecule has 1 aliphatic heterocycles. The van der Waals surface area contributed by atoms with E-state index in [4.69, 9.17) is 4.74 Å². The first kappa shape index (κ1) is 15.9. The van der Waals surface area contributed by atoms with Gasteiger partial charge in [0.25, 0.3) is 0 Å². The fourth-order valence-electron chi connectivity index (χ4n) is 2.66. The number of rotatable bonds is 9. The summed E-state index contributed by atoms with van der Waals surface area (Å²) in [7, 11) is 2.00. The van der Waals surface area contributed by atoms with Crippen LogP contribution in [0.5, 0.6) is 0 Å². The second-order valence-electron chi connectivity index (χ2n) is 5.62. The number of nitrogens with zero attached hydrogens (tertiary/aromatic N) is 1. The largest absolute Gasteiger partial charge is 0.372 e. The summed E-state index contributed by atoms with van der Waals surface area (Å²) in [6.45, 7) is 10.2. The number of unbranched alkanes of at least 4 members (excludes halogenated alkanes) is 1. The third-order valence-corrected chi connectivity index (χ3v) is 4.08. The summed E-state index contributed by atoms with van der Waals surface area (Å²) in [5, 5.41) is 3.21. The molecule has 18 heavy (non-hydrogen) atoms. The molecule has 0 spiro atoms. The minimum atomic E-state index is 0.435. The van der Waals surface area contributed by atoms with Gasteiger partial charge in [-0.25, -0.2) is 0 Å². The molecule has 1 rings (SSSR count). The Morgan fingerprint density at radius 2 is 2.00 bits per heavy atom. The van der Waals surface area contributed by atoms with Crippen LogP contribution in [0, 0.1) is 0 Å². The SMILES string of the molecule is CCCCN(CC1CCC(CNC)O1)C(C)CC. The maximum Gasteiger partial charge on any atom is 0.0707 e. The van der Waals surface area contributed by atoms with E-state index >= 15 is 0 Å². The second kappa shape index (κ2) is 8.89. The number of hydrogen-bond acceptors (Lipinski definition) is 3. The smallest absolute Gasteiger partial charge is 0.0707 e. The van der Waals surface area contributed by atoms with Gasteiger partial charge in [-0.1, -0.05) is 20.3 Å². The molecular formula is C15H32N2O. The molecule has 3 nitrogen and oxygen atoms in total. The van der Waals surface area contributed by atoms with Crippen LogP contribution >= 0.6 is 0 Å². The van der Waals surface area contributed by atoms with Crippen LogP contribution in [-0.4, -0.2) is 49.8 Å². The lowest BCUT2D eigenvalue weighted by molar-refractivity contribution is 0.0158. The Hall–Kier alpha value is -0.120. The highest BCUT2D eigenvalue weighted by molar-refractivity contribution is 4.79. The van der Waals surface area contributed by atoms with Crippen LogP contribution in [0.25, 0.3) is 0 Å². The van der Waals surface area contributed by atoms with E-state index in [0.717, 1.165) is 13.1 Å². The van der Waals surface area contributed by atoms with E-state index in [-0.39, 0.29) is 0 Å². The molecule has 1 heterocycles. The maximum absolute atomic E-state index is 6.10. The fourth-order valence-corrected chi connectivity index (χ4v) is 2.66. The van der Waals surface area contributed by atoms with Gasteiger partial charge in [-0.3, -0.25) is 4.90 Å². The minimum Gasteiger partial charge on any atom is -0.372 e. The normalized spacial score (nSPS) is 25.8. The summed E-state index contributed by atoms with van der Waals surface area (Å²) < 4.78 is 6.10. The fraction of sp³-hybridized carbons (Fsp3) is 1.00. The highest BCUT2D eigenvalue weighted by Crippen LogP contribution is 2.21. The van der Waals surface area contributed by atoms with Gasteiger partial charge in [-0.05, 0) is 46.2 Å². The van der Waals surface area contributed by atoms with Gasteiger partial charge in [-0.2, -0.15) is 0 Å². The molecule has 0 saturated carbocycles. The third-order valence-electron chi connectivity index (χ3n) is 4.08. The summed E-state index contributed by atoms with van der Waals surface area (Å²) in [6.07, 6.45) is 7.15. The Balaban J connectivity index is 2.36. The van der Waals surface area contributed by atoms with Crippen LogP contribution in [0.3, 0.4) is 0 Å². The molecule has 0 aromatic heterocycles. The molecule has 3 heteroatoms. The van der Waals surface area contributed by atoms with Crippen molar-refractivity contribution in [3.63, 3.8) is 0 Å². The van der Waals surface area contributed by atoms with Crippen LogP contribution in [-0.2, 0) is 4.74 Å². The number of hydrogen-bond donors (Lipinski definition) is 1. The molecule has 108 valence electrons. The van der Waals surface area contributed by atoms with Gasteiger partial charge in [-0.15, -0.1) is 0 Å². The van der Waals surface area contributed by atoms with Crippen LogP contribution in [0.1, 0.15) is 52.9 Å². The highest BCUT2D eigenvalue weighted by atomic mass is 16.5. The molecule has 1 aliphatic rings. The third kappa shape index (κ3) is 5.25. The predicted molar refractivity (Wildman–Crippen MR) is 78.1 cm³/mol. The van der Waals surface area contributed by atoms with Crippen molar-refractivity contribution in [3.8, 4) is 0 Å². The van der Waals surface area contributed by atoms with Crippen molar-refractivity contribution < 1.29 is 4.74 Å². The number of ether oxygens (including phenoxy) is 1. The van der Waals surface area contributed by atoms with E-state index in [1.54, 1.807) is 0 Å². The average Bonchev–Trinajstić information content (AvgIpc) is 2.81. The quantitative estimate of drug-likeness (QED) is 0.686. The monoisotopic (exact) mass is 256 g/mol. The topological polar surface area (TPSA) is 24.5 Å². The van der Waals surface area contributed by atoms with Gasteiger partial charge in [0.2, 0.25) is 0 Å². The Bertz CT molecular complexity index is 211. The minimum absolute atomic E-state index is 0.435. The van der Waals surface area contributed by atoms with Crippen molar-refractivity contribution in [3.05, 3.63) is 0 Å². The van der Waals surface area contributed by atoms with E-state index in [1.165, 1.54) is 38.6 Å². The Morgan fingerprint density at radius 1 is 1.28 bits per heavy atom. The van der Waals surface area contributed by atoms with Crippen molar-refractivity contribution in [2.24, 2.45) is 0 Å². The van der Waals surface area contributed by atoms with Crippen LogP contribution in [0.2, 0.25) is 0 Å². The van der Waals surface area contributed by atoms with Crippen molar-refractivity contribution in [1.82, 2.24) is 10.2 Å².